The second kappa shape index (κ2) is 16.5. The smallest absolute Gasteiger partial charge is 0.149 e. The van der Waals surface area contributed by atoms with E-state index in [0.717, 1.165) is 44.6 Å². The molecule has 2 aromatic heterocycles. The zero-order valence-electron chi connectivity index (χ0n) is 43.9. The molecule has 320 valence electrons. The minimum absolute atomic E-state index is 0.0464. The summed E-state index contributed by atoms with van der Waals surface area (Å²) >= 11 is 0. The van der Waals surface area contributed by atoms with Crippen molar-refractivity contribution >= 4 is 11.0 Å². The highest BCUT2D eigenvalue weighted by Crippen LogP contribution is 2.43. The first-order valence-corrected chi connectivity index (χ1v) is 22.0. The lowest BCUT2D eigenvalue weighted by Crippen LogP contribution is -2.11. The monoisotopic (exact) mass is 835 g/mol. The Bertz CT molecular complexity index is 3190. The number of rotatable bonds is 8. The average Bonchev–Trinajstić information content (AvgIpc) is 3.65. The standard InChI is InChI=1S/C59H63N3O/c1-35(2)47-16-14-17-48(36(3)4)54(47)42-22-25-52(38(6)30-42)62-53-19-15-18-49(55(53)61-57(62)50-29-37(5)28-39(7)56(50)63)43-31-44(33-46(32-43)59(11,12)13)51-34-41(26-27-60-51)40-20-23-45(24-21-40)58(8,9)10/h14-36,63H,1-13H3/i6D3,35D,36D. The summed E-state index contributed by atoms with van der Waals surface area (Å²) in [5.41, 5.74) is 14.5. The van der Waals surface area contributed by atoms with Crippen molar-refractivity contribution < 1.29 is 12.0 Å². The molecule has 0 spiro atoms. The van der Waals surface area contributed by atoms with Crippen molar-refractivity contribution in [2.24, 2.45) is 0 Å². The Kier molecular flexibility index (Phi) is 9.75. The van der Waals surface area contributed by atoms with Crippen LogP contribution in [0.25, 0.3) is 72.7 Å². The molecule has 0 saturated carbocycles. The zero-order valence-corrected chi connectivity index (χ0v) is 38.9. The van der Waals surface area contributed by atoms with E-state index in [2.05, 4.69) is 96.1 Å². The van der Waals surface area contributed by atoms with Crippen LogP contribution in [0, 0.1) is 20.7 Å². The molecule has 0 fully saturated rings. The van der Waals surface area contributed by atoms with Gasteiger partial charge >= 0.3 is 0 Å². The Morgan fingerprint density at radius 3 is 1.90 bits per heavy atom. The summed E-state index contributed by atoms with van der Waals surface area (Å²) in [6.07, 6.45) is 1.87. The van der Waals surface area contributed by atoms with E-state index in [-0.39, 0.29) is 22.1 Å². The number of benzene rings is 6. The van der Waals surface area contributed by atoms with Crippen LogP contribution in [0.15, 0.2) is 128 Å². The molecule has 0 aliphatic carbocycles. The van der Waals surface area contributed by atoms with E-state index in [1.54, 1.807) is 6.07 Å². The van der Waals surface area contributed by atoms with Crippen molar-refractivity contribution in [3.63, 3.8) is 0 Å². The Hall–Kier alpha value is -6.26. The lowest BCUT2D eigenvalue weighted by molar-refractivity contribution is 0.472. The van der Waals surface area contributed by atoms with Crippen LogP contribution in [-0.2, 0) is 10.8 Å². The summed E-state index contributed by atoms with van der Waals surface area (Å²) in [7, 11) is 0. The Morgan fingerprint density at radius 2 is 1.25 bits per heavy atom. The minimum Gasteiger partial charge on any atom is -0.507 e. The van der Waals surface area contributed by atoms with Gasteiger partial charge in [-0.1, -0.05) is 142 Å². The molecular weight excluding hydrogens is 767 g/mol. The van der Waals surface area contributed by atoms with Crippen LogP contribution in [0.2, 0.25) is 0 Å². The Morgan fingerprint density at radius 1 is 0.603 bits per heavy atom. The van der Waals surface area contributed by atoms with E-state index in [0.29, 0.717) is 55.9 Å². The van der Waals surface area contributed by atoms with Crippen LogP contribution >= 0.6 is 0 Å². The highest BCUT2D eigenvalue weighted by atomic mass is 16.3. The first kappa shape index (κ1) is 37.3. The molecule has 0 saturated heterocycles. The molecule has 8 rings (SSSR count). The molecule has 0 aliphatic heterocycles. The van der Waals surface area contributed by atoms with Gasteiger partial charge in [0, 0.05) is 24.2 Å². The number of aromatic hydroxyl groups is 1. The summed E-state index contributed by atoms with van der Waals surface area (Å²) in [5.74, 6) is -1.62. The van der Waals surface area contributed by atoms with Crippen molar-refractivity contribution in [3.8, 4) is 67.5 Å². The molecule has 4 nitrogen and oxygen atoms in total. The first-order chi connectivity index (χ1) is 31.6. The third-order valence-corrected chi connectivity index (χ3v) is 12.3. The van der Waals surface area contributed by atoms with E-state index in [1.165, 1.54) is 5.56 Å². The third kappa shape index (κ3) is 8.36. The highest BCUT2D eigenvalue weighted by molar-refractivity contribution is 5.97. The molecule has 0 bridgehead atoms. The number of aryl methyl sites for hydroxylation is 3. The van der Waals surface area contributed by atoms with Gasteiger partial charge in [0.15, 0.2) is 0 Å². The predicted molar refractivity (Wildman–Crippen MR) is 267 cm³/mol. The summed E-state index contributed by atoms with van der Waals surface area (Å²) in [6, 6.07) is 40.4. The fraction of sp³-hybridized carbons (Fsp3) is 0.288. The number of para-hydroxylation sites is 1. The molecule has 0 atom stereocenters. The number of phenols is 1. The van der Waals surface area contributed by atoms with Gasteiger partial charge in [-0.15, -0.1) is 0 Å². The van der Waals surface area contributed by atoms with Crippen molar-refractivity contribution in [3.05, 3.63) is 166 Å². The first-order valence-electron chi connectivity index (χ1n) is 24.5. The van der Waals surface area contributed by atoms with Gasteiger partial charge in [0.25, 0.3) is 0 Å². The molecule has 0 radical (unpaired) electrons. The normalized spacial score (nSPS) is 13.9. The van der Waals surface area contributed by atoms with E-state index >= 15 is 0 Å². The fourth-order valence-corrected chi connectivity index (χ4v) is 8.77. The number of imidazole rings is 1. The number of pyridine rings is 1. The van der Waals surface area contributed by atoms with Gasteiger partial charge in [-0.05, 0) is 159 Å². The minimum atomic E-state index is -2.60. The molecule has 4 heteroatoms. The van der Waals surface area contributed by atoms with Crippen LogP contribution in [0.4, 0.5) is 0 Å². The predicted octanol–water partition coefficient (Wildman–Crippen LogP) is 16.2. The second-order valence-corrected chi connectivity index (χ2v) is 19.7. The molecule has 63 heavy (non-hydrogen) atoms. The number of phenolic OH excluding ortho intramolecular Hbond substituents is 1. The molecule has 0 unspecified atom stereocenters. The van der Waals surface area contributed by atoms with Crippen LogP contribution in [0.1, 0.15) is 127 Å². The Balaban J connectivity index is 1.39. The third-order valence-electron chi connectivity index (χ3n) is 12.3. The van der Waals surface area contributed by atoms with E-state index in [9.17, 15) is 5.11 Å². The van der Waals surface area contributed by atoms with Gasteiger partial charge in [-0.2, -0.15) is 0 Å². The Labute approximate surface area is 382 Å². The summed E-state index contributed by atoms with van der Waals surface area (Å²) in [4.78, 5) is 10.3. The van der Waals surface area contributed by atoms with Gasteiger partial charge in [0.2, 0.25) is 0 Å². The van der Waals surface area contributed by atoms with Crippen LogP contribution in [0.3, 0.4) is 0 Å². The lowest BCUT2D eigenvalue weighted by atomic mass is 9.83. The summed E-state index contributed by atoms with van der Waals surface area (Å²) < 4.78 is 47.3. The van der Waals surface area contributed by atoms with E-state index < -0.39 is 18.6 Å². The average molecular weight is 835 g/mol. The highest BCUT2D eigenvalue weighted by Gasteiger charge is 2.25. The maximum Gasteiger partial charge on any atom is 0.149 e. The fourth-order valence-electron chi connectivity index (χ4n) is 8.77. The second-order valence-electron chi connectivity index (χ2n) is 19.7. The topological polar surface area (TPSA) is 50.9 Å². The molecule has 0 aliphatic rings. The SMILES string of the molecule is [2H]C([2H])([2H])c1cc(-c2c(C([2H])(C)C)cccc2C([2H])(C)C)ccc1-n1c(-c2cc(C)cc(C)c2O)nc2c(-c3cc(-c4cc(-c5ccc(C(C)(C)C)cc5)ccn4)cc(C(C)(C)C)c3)cccc21. The molecule has 8 aromatic rings. The van der Waals surface area contributed by atoms with E-state index in [1.807, 2.05) is 113 Å². The van der Waals surface area contributed by atoms with Gasteiger partial charge in [0.05, 0.1) is 28.0 Å². The maximum atomic E-state index is 11.8. The van der Waals surface area contributed by atoms with Crippen LogP contribution < -0.4 is 0 Å². The van der Waals surface area contributed by atoms with Crippen molar-refractivity contribution in [1.29, 1.82) is 0 Å². The molecule has 1 N–H and O–H groups in total. The van der Waals surface area contributed by atoms with Crippen molar-refractivity contribution in [2.45, 2.75) is 113 Å². The van der Waals surface area contributed by atoms with E-state index in [4.69, 9.17) is 16.8 Å². The van der Waals surface area contributed by atoms with Gasteiger partial charge in [-0.25, -0.2) is 4.98 Å². The number of aromatic nitrogens is 3. The van der Waals surface area contributed by atoms with Crippen molar-refractivity contribution in [2.75, 3.05) is 0 Å². The largest absolute Gasteiger partial charge is 0.507 e. The number of hydrogen-bond donors (Lipinski definition) is 1. The lowest BCUT2D eigenvalue weighted by Gasteiger charge is -2.22. The number of hydrogen-bond acceptors (Lipinski definition) is 3. The summed E-state index contributed by atoms with van der Waals surface area (Å²) in [5, 5.41) is 11.8. The maximum absolute atomic E-state index is 11.8. The molecule has 6 aromatic carbocycles. The zero-order chi connectivity index (χ0) is 49.5. The van der Waals surface area contributed by atoms with Crippen LogP contribution in [-0.4, -0.2) is 19.6 Å². The quantitative estimate of drug-likeness (QED) is 0.166. The number of nitrogens with zero attached hydrogens (tertiary/aromatic N) is 3. The van der Waals surface area contributed by atoms with Crippen molar-refractivity contribution in [1.82, 2.24) is 14.5 Å². The van der Waals surface area contributed by atoms with Gasteiger partial charge in [-0.3, -0.25) is 9.55 Å². The number of fused-ring (bicyclic) bond motifs is 1. The molecular formula is C59H63N3O. The molecule has 2 heterocycles. The summed E-state index contributed by atoms with van der Waals surface area (Å²) in [6.45, 7) is 21.7. The van der Waals surface area contributed by atoms with Gasteiger partial charge < -0.3 is 5.11 Å². The van der Waals surface area contributed by atoms with Crippen LogP contribution in [0.5, 0.6) is 5.75 Å². The molecule has 0 amide bonds. The van der Waals surface area contributed by atoms with Gasteiger partial charge in [0.1, 0.15) is 11.6 Å².